The Bertz CT molecular complexity index is 312. The van der Waals surface area contributed by atoms with Crippen molar-refractivity contribution in [2.75, 3.05) is 27.2 Å². The third-order valence-electron chi connectivity index (χ3n) is 3.49. The second-order valence-electron chi connectivity index (χ2n) is 5.58. The van der Waals surface area contributed by atoms with Crippen LogP contribution in [0.25, 0.3) is 0 Å². The second kappa shape index (κ2) is 7.33. The van der Waals surface area contributed by atoms with Gasteiger partial charge in [0.05, 0.1) is 0 Å². The van der Waals surface area contributed by atoms with Gasteiger partial charge in [-0.15, -0.1) is 0 Å². The van der Waals surface area contributed by atoms with E-state index in [0.29, 0.717) is 19.5 Å². The lowest BCUT2D eigenvalue weighted by molar-refractivity contribution is -0.122. The fraction of sp³-hybridized carbons (Fsp3) is 0.846. The number of urea groups is 1. The molecule has 0 aromatic carbocycles. The minimum Gasteiger partial charge on any atom is -0.354 e. The fourth-order valence-electron chi connectivity index (χ4n) is 2.34. The SMILES string of the molecule is CN(C)C(=O)NCCNC(=O)CC1(N)CCCCC1. The molecule has 6 nitrogen and oxygen atoms in total. The first-order chi connectivity index (χ1) is 8.93. The van der Waals surface area contributed by atoms with Crippen molar-refractivity contribution < 1.29 is 9.59 Å². The fourth-order valence-corrected chi connectivity index (χ4v) is 2.34. The maximum Gasteiger partial charge on any atom is 0.316 e. The van der Waals surface area contributed by atoms with Crippen molar-refractivity contribution in [1.29, 1.82) is 0 Å². The monoisotopic (exact) mass is 270 g/mol. The molecular weight excluding hydrogens is 244 g/mol. The van der Waals surface area contributed by atoms with Crippen molar-refractivity contribution in [3.05, 3.63) is 0 Å². The van der Waals surface area contributed by atoms with Crippen molar-refractivity contribution in [1.82, 2.24) is 15.5 Å². The second-order valence-corrected chi connectivity index (χ2v) is 5.58. The lowest BCUT2D eigenvalue weighted by atomic mass is 9.80. The Morgan fingerprint density at radius 3 is 2.26 bits per heavy atom. The van der Waals surface area contributed by atoms with E-state index in [9.17, 15) is 9.59 Å². The van der Waals surface area contributed by atoms with Gasteiger partial charge in [0.1, 0.15) is 0 Å². The third-order valence-corrected chi connectivity index (χ3v) is 3.49. The van der Waals surface area contributed by atoms with Gasteiger partial charge in [-0.3, -0.25) is 4.79 Å². The Morgan fingerprint density at radius 1 is 1.11 bits per heavy atom. The molecule has 0 aromatic heterocycles. The molecular formula is C13H26N4O2. The number of nitrogens with two attached hydrogens (primary N) is 1. The predicted octanol–water partition coefficient (Wildman–Crippen LogP) is 0.426. The zero-order chi connectivity index (χ0) is 14.3. The molecule has 0 unspecified atom stereocenters. The van der Waals surface area contributed by atoms with E-state index in [1.54, 1.807) is 14.1 Å². The number of nitrogens with one attached hydrogen (secondary N) is 2. The highest BCUT2D eigenvalue weighted by atomic mass is 16.2. The molecule has 0 aliphatic heterocycles. The van der Waals surface area contributed by atoms with Crippen LogP contribution in [0.1, 0.15) is 38.5 Å². The van der Waals surface area contributed by atoms with Gasteiger partial charge in [0.25, 0.3) is 0 Å². The molecule has 0 aromatic rings. The van der Waals surface area contributed by atoms with Crippen molar-refractivity contribution >= 4 is 11.9 Å². The molecule has 0 bridgehead atoms. The van der Waals surface area contributed by atoms with Crippen LogP contribution < -0.4 is 16.4 Å². The number of carbonyl (C=O) groups excluding carboxylic acids is 2. The number of rotatable bonds is 5. The highest BCUT2D eigenvalue weighted by molar-refractivity contribution is 5.77. The number of hydrogen-bond donors (Lipinski definition) is 3. The van der Waals surface area contributed by atoms with Gasteiger partial charge in [0, 0.05) is 39.1 Å². The third kappa shape index (κ3) is 5.92. The standard InChI is InChI=1S/C13H26N4O2/c1-17(2)12(19)16-9-8-15-11(18)10-13(14)6-4-3-5-7-13/h3-10,14H2,1-2H3,(H,15,18)(H,16,19). The first-order valence-electron chi connectivity index (χ1n) is 6.94. The van der Waals surface area contributed by atoms with Crippen molar-refractivity contribution in [2.45, 2.75) is 44.1 Å². The van der Waals surface area contributed by atoms with Gasteiger partial charge < -0.3 is 21.3 Å². The van der Waals surface area contributed by atoms with Gasteiger partial charge in [-0.05, 0) is 12.8 Å². The summed E-state index contributed by atoms with van der Waals surface area (Å²) in [6.45, 7) is 0.870. The number of amides is 3. The maximum absolute atomic E-state index is 11.8. The number of hydrogen-bond acceptors (Lipinski definition) is 3. The maximum atomic E-state index is 11.8. The molecule has 3 amide bonds. The Kier molecular flexibility index (Phi) is 6.08. The summed E-state index contributed by atoms with van der Waals surface area (Å²) in [6.07, 6.45) is 5.69. The average Bonchev–Trinajstić information content (AvgIpc) is 2.34. The Morgan fingerprint density at radius 2 is 1.68 bits per heavy atom. The molecule has 0 spiro atoms. The predicted molar refractivity (Wildman–Crippen MR) is 74.7 cm³/mol. The molecule has 110 valence electrons. The molecule has 0 radical (unpaired) electrons. The van der Waals surface area contributed by atoms with E-state index in [1.807, 2.05) is 0 Å². The molecule has 19 heavy (non-hydrogen) atoms. The van der Waals surface area contributed by atoms with E-state index in [1.165, 1.54) is 11.3 Å². The van der Waals surface area contributed by atoms with Gasteiger partial charge in [-0.2, -0.15) is 0 Å². The van der Waals surface area contributed by atoms with Crippen LogP contribution in [0.3, 0.4) is 0 Å². The van der Waals surface area contributed by atoms with Crippen LogP contribution in [0.2, 0.25) is 0 Å². The lowest BCUT2D eigenvalue weighted by Crippen LogP contribution is -2.47. The summed E-state index contributed by atoms with van der Waals surface area (Å²) in [5, 5.41) is 5.49. The average molecular weight is 270 g/mol. The number of carbonyl (C=O) groups is 2. The quantitative estimate of drug-likeness (QED) is 0.633. The summed E-state index contributed by atoms with van der Waals surface area (Å²) in [5.74, 6) is -0.0245. The molecule has 4 N–H and O–H groups in total. The molecule has 1 saturated carbocycles. The normalized spacial score (nSPS) is 17.6. The lowest BCUT2D eigenvalue weighted by Gasteiger charge is -2.32. The summed E-state index contributed by atoms with van der Waals surface area (Å²) in [4.78, 5) is 24.5. The number of nitrogens with zero attached hydrogens (tertiary/aromatic N) is 1. The smallest absolute Gasteiger partial charge is 0.316 e. The molecule has 0 heterocycles. The highest BCUT2D eigenvalue weighted by Gasteiger charge is 2.29. The van der Waals surface area contributed by atoms with Gasteiger partial charge in [0.15, 0.2) is 0 Å². The molecule has 0 saturated heterocycles. The minimum absolute atomic E-state index is 0.0245. The van der Waals surface area contributed by atoms with Crippen molar-refractivity contribution in [3.63, 3.8) is 0 Å². The first kappa shape index (κ1) is 15.8. The van der Waals surface area contributed by atoms with Crippen LogP contribution in [-0.2, 0) is 4.79 Å². The van der Waals surface area contributed by atoms with E-state index in [0.717, 1.165) is 25.7 Å². The van der Waals surface area contributed by atoms with Crippen LogP contribution in [0.4, 0.5) is 4.79 Å². The minimum atomic E-state index is -0.324. The zero-order valence-corrected chi connectivity index (χ0v) is 12.0. The molecule has 1 fully saturated rings. The molecule has 0 atom stereocenters. The summed E-state index contributed by atoms with van der Waals surface area (Å²) in [5.41, 5.74) is 5.89. The van der Waals surface area contributed by atoms with E-state index in [2.05, 4.69) is 10.6 Å². The van der Waals surface area contributed by atoms with Crippen LogP contribution in [-0.4, -0.2) is 49.6 Å². The van der Waals surface area contributed by atoms with Gasteiger partial charge in [0.2, 0.25) is 5.91 Å². The summed E-state index contributed by atoms with van der Waals surface area (Å²) in [7, 11) is 3.35. The van der Waals surface area contributed by atoms with E-state index in [-0.39, 0.29) is 17.5 Å². The van der Waals surface area contributed by atoms with Crippen LogP contribution in [0, 0.1) is 0 Å². The summed E-state index contributed by atoms with van der Waals surface area (Å²) < 4.78 is 0. The molecule has 6 heteroatoms. The Balaban J connectivity index is 2.15. The Hall–Kier alpha value is -1.30. The highest BCUT2D eigenvalue weighted by Crippen LogP contribution is 2.28. The van der Waals surface area contributed by atoms with E-state index in [4.69, 9.17) is 5.73 Å². The molecule has 1 rings (SSSR count). The van der Waals surface area contributed by atoms with Crippen LogP contribution >= 0.6 is 0 Å². The largest absolute Gasteiger partial charge is 0.354 e. The van der Waals surface area contributed by atoms with Crippen LogP contribution in [0.5, 0.6) is 0 Å². The van der Waals surface area contributed by atoms with E-state index < -0.39 is 0 Å². The zero-order valence-electron chi connectivity index (χ0n) is 12.0. The van der Waals surface area contributed by atoms with Crippen molar-refractivity contribution in [3.8, 4) is 0 Å². The van der Waals surface area contributed by atoms with Gasteiger partial charge in [-0.1, -0.05) is 19.3 Å². The Labute approximate surface area is 115 Å². The molecule has 1 aliphatic carbocycles. The van der Waals surface area contributed by atoms with Gasteiger partial charge >= 0.3 is 6.03 Å². The summed E-state index contributed by atoms with van der Waals surface area (Å²) in [6, 6.07) is -0.156. The van der Waals surface area contributed by atoms with Gasteiger partial charge in [-0.25, -0.2) is 4.79 Å². The van der Waals surface area contributed by atoms with Crippen molar-refractivity contribution in [2.24, 2.45) is 5.73 Å². The summed E-state index contributed by atoms with van der Waals surface area (Å²) >= 11 is 0. The van der Waals surface area contributed by atoms with E-state index >= 15 is 0 Å². The first-order valence-corrected chi connectivity index (χ1v) is 6.94. The topological polar surface area (TPSA) is 87.5 Å². The molecule has 1 aliphatic rings. The van der Waals surface area contributed by atoms with Crippen LogP contribution in [0.15, 0.2) is 0 Å².